The van der Waals surface area contributed by atoms with Crippen LogP contribution in [0.3, 0.4) is 0 Å². The summed E-state index contributed by atoms with van der Waals surface area (Å²) in [5.74, 6) is -1.09. The van der Waals surface area contributed by atoms with Crippen LogP contribution in [0.2, 0.25) is 5.02 Å². The smallest absolute Gasteiger partial charge is 0.314 e. The number of halogens is 1. The van der Waals surface area contributed by atoms with Gasteiger partial charge in [-0.15, -0.1) is 0 Å². The highest BCUT2D eigenvalue weighted by atomic mass is 35.5. The minimum Gasteiger partial charge on any atom is -0.345 e. The van der Waals surface area contributed by atoms with Gasteiger partial charge in [0.25, 0.3) is 0 Å². The number of pyridine rings is 1. The van der Waals surface area contributed by atoms with Gasteiger partial charge in [0.15, 0.2) is 0 Å². The van der Waals surface area contributed by atoms with Crippen molar-refractivity contribution < 1.29 is 9.59 Å². The van der Waals surface area contributed by atoms with E-state index in [0.29, 0.717) is 10.8 Å². The summed E-state index contributed by atoms with van der Waals surface area (Å²) in [6.07, 6.45) is 2.93. The molecule has 7 heteroatoms. The average Bonchev–Trinajstić information content (AvgIpc) is 2.37. The van der Waals surface area contributed by atoms with Crippen molar-refractivity contribution in [3.05, 3.63) is 23.4 Å². The van der Waals surface area contributed by atoms with E-state index in [-0.39, 0.29) is 17.1 Å². The number of rotatable bonds is 2. The van der Waals surface area contributed by atoms with E-state index < -0.39 is 11.8 Å². The van der Waals surface area contributed by atoms with Gasteiger partial charge in [0.1, 0.15) is 5.82 Å². The lowest BCUT2D eigenvalue weighted by Crippen LogP contribution is -2.62. The first-order chi connectivity index (χ1) is 10.6. The van der Waals surface area contributed by atoms with Gasteiger partial charge in [-0.05, 0) is 52.7 Å². The van der Waals surface area contributed by atoms with E-state index >= 15 is 0 Å². The molecule has 2 heterocycles. The molecular formula is C16H23ClN4O2. The van der Waals surface area contributed by atoms with Gasteiger partial charge in [0.05, 0.1) is 5.02 Å². The summed E-state index contributed by atoms with van der Waals surface area (Å²) in [7, 11) is 0. The molecule has 23 heavy (non-hydrogen) atoms. The molecular weight excluding hydrogens is 316 g/mol. The van der Waals surface area contributed by atoms with Crippen molar-refractivity contribution in [3.8, 4) is 0 Å². The van der Waals surface area contributed by atoms with Crippen molar-refractivity contribution in [2.75, 3.05) is 5.32 Å². The second kappa shape index (κ2) is 6.45. The van der Waals surface area contributed by atoms with Gasteiger partial charge in [0.2, 0.25) is 0 Å². The largest absolute Gasteiger partial charge is 0.345 e. The molecule has 0 aliphatic carbocycles. The number of amides is 2. The van der Waals surface area contributed by atoms with Crippen LogP contribution in [0.15, 0.2) is 18.3 Å². The molecule has 0 radical (unpaired) electrons. The van der Waals surface area contributed by atoms with E-state index in [4.69, 9.17) is 11.6 Å². The van der Waals surface area contributed by atoms with Gasteiger partial charge < -0.3 is 16.0 Å². The van der Waals surface area contributed by atoms with E-state index in [0.717, 1.165) is 12.8 Å². The summed E-state index contributed by atoms with van der Waals surface area (Å²) in [4.78, 5) is 28.0. The van der Waals surface area contributed by atoms with Crippen LogP contribution in [0.5, 0.6) is 0 Å². The van der Waals surface area contributed by atoms with Gasteiger partial charge in [0, 0.05) is 23.3 Å². The molecule has 1 saturated heterocycles. The summed E-state index contributed by atoms with van der Waals surface area (Å²) < 4.78 is 0. The molecule has 6 nitrogen and oxygen atoms in total. The van der Waals surface area contributed by atoms with Crippen molar-refractivity contribution >= 4 is 29.2 Å². The molecule has 2 rings (SSSR count). The zero-order valence-electron chi connectivity index (χ0n) is 13.9. The molecule has 1 aromatic heterocycles. The third-order valence-electron chi connectivity index (χ3n) is 3.70. The molecule has 0 saturated carbocycles. The standard InChI is InChI=1S/C16H23ClN4O2/c1-15(2)7-11(8-16(3,4)21-15)19-13(22)14(23)20-12-6-5-10(17)9-18-12/h5-6,9,11,21H,7-8H2,1-4H3,(H,19,22)(H,18,20,23). The van der Waals surface area contributed by atoms with Crippen LogP contribution in [0.4, 0.5) is 5.82 Å². The number of hydrogen-bond acceptors (Lipinski definition) is 4. The molecule has 126 valence electrons. The highest BCUT2D eigenvalue weighted by Gasteiger charge is 2.38. The molecule has 0 aromatic carbocycles. The fourth-order valence-electron chi connectivity index (χ4n) is 3.30. The number of nitrogens with zero attached hydrogens (tertiary/aromatic N) is 1. The molecule has 0 bridgehead atoms. The number of anilines is 1. The summed E-state index contributed by atoms with van der Waals surface area (Å²) in [5.41, 5.74) is -0.207. The SMILES string of the molecule is CC1(C)CC(NC(=O)C(=O)Nc2ccc(Cl)cn2)CC(C)(C)N1. The number of hydrogen-bond donors (Lipinski definition) is 3. The van der Waals surface area contributed by atoms with Gasteiger partial charge in [-0.3, -0.25) is 9.59 Å². The molecule has 1 fully saturated rings. The highest BCUT2D eigenvalue weighted by Crippen LogP contribution is 2.28. The van der Waals surface area contributed by atoms with Crippen LogP contribution < -0.4 is 16.0 Å². The Hall–Kier alpha value is -1.66. The fourth-order valence-corrected chi connectivity index (χ4v) is 3.41. The molecule has 0 spiro atoms. The first-order valence-electron chi connectivity index (χ1n) is 7.59. The molecule has 2 amide bonds. The topological polar surface area (TPSA) is 83.1 Å². The number of nitrogens with one attached hydrogen (secondary N) is 3. The Bertz CT molecular complexity index is 583. The fraction of sp³-hybridized carbons (Fsp3) is 0.562. The molecule has 3 N–H and O–H groups in total. The van der Waals surface area contributed by atoms with Crippen LogP contribution in [0.25, 0.3) is 0 Å². The monoisotopic (exact) mass is 338 g/mol. The number of aromatic nitrogens is 1. The van der Waals surface area contributed by atoms with Crippen LogP contribution >= 0.6 is 11.6 Å². The van der Waals surface area contributed by atoms with Crippen molar-refractivity contribution in [2.45, 2.75) is 57.7 Å². The summed E-state index contributed by atoms with van der Waals surface area (Å²) in [6.45, 7) is 8.35. The molecule has 0 atom stereocenters. The third kappa shape index (κ3) is 5.18. The van der Waals surface area contributed by atoms with Crippen LogP contribution in [0, 0.1) is 0 Å². The van der Waals surface area contributed by atoms with Gasteiger partial charge >= 0.3 is 11.8 Å². The van der Waals surface area contributed by atoms with Crippen molar-refractivity contribution in [1.29, 1.82) is 0 Å². The quantitative estimate of drug-likeness (QED) is 0.721. The van der Waals surface area contributed by atoms with Crippen LogP contribution in [-0.2, 0) is 9.59 Å². The third-order valence-corrected chi connectivity index (χ3v) is 3.92. The number of carbonyl (C=O) groups is 2. The van der Waals surface area contributed by atoms with Crippen molar-refractivity contribution in [3.63, 3.8) is 0 Å². The number of piperidine rings is 1. The van der Waals surface area contributed by atoms with E-state index in [1.165, 1.54) is 6.20 Å². The van der Waals surface area contributed by atoms with E-state index in [9.17, 15) is 9.59 Å². The van der Waals surface area contributed by atoms with Crippen LogP contribution in [-0.4, -0.2) is 33.9 Å². The Morgan fingerprint density at radius 1 is 1.17 bits per heavy atom. The van der Waals surface area contributed by atoms with Gasteiger partial charge in [-0.25, -0.2) is 4.98 Å². The molecule has 1 aliphatic heterocycles. The predicted octanol–water partition coefficient (Wildman–Crippen LogP) is 2.10. The van der Waals surface area contributed by atoms with Crippen molar-refractivity contribution in [1.82, 2.24) is 15.6 Å². The zero-order valence-corrected chi connectivity index (χ0v) is 14.6. The first kappa shape index (κ1) is 17.7. The summed E-state index contributed by atoms with van der Waals surface area (Å²) >= 11 is 5.73. The van der Waals surface area contributed by atoms with E-state index in [1.54, 1.807) is 12.1 Å². The van der Waals surface area contributed by atoms with Gasteiger partial charge in [-0.2, -0.15) is 0 Å². The average molecular weight is 339 g/mol. The molecule has 1 aliphatic rings. The number of carbonyl (C=O) groups excluding carboxylic acids is 2. The Morgan fingerprint density at radius 2 is 1.78 bits per heavy atom. The zero-order chi connectivity index (χ0) is 17.3. The Morgan fingerprint density at radius 3 is 2.30 bits per heavy atom. The molecule has 1 aromatic rings. The van der Waals surface area contributed by atoms with Crippen molar-refractivity contribution in [2.24, 2.45) is 0 Å². The van der Waals surface area contributed by atoms with Gasteiger partial charge in [-0.1, -0.05) is 11.6 Å². The maximum absolute atomic E-state index is 12.1. The maximum Gasteiger partial charge on any atom is 0.314 e. The summed E-state index contributed by atoms with van der Waals surface area (Å²) in [5, 5.41) is 9.28. The lowest BCUT2D eigenvalue weighted by atomic mass is 9.79. The molecule has 0 unspecified atom stereocenters. The summed E-state index contributed by atoms with van der Waals surface area (Å²) in [6, 6.07) is 3.09. The minimum atomic E-state index is -0.728. The van der Waals surface area contributed by atoms with Crippen LogP contribution in [0.1, 0.15) is 40.5 Å². The Balaban J connectivity index is 1.95. The lowest BCUT2D eigenvalue weighted by Gasteiger charge is -2.46. The Kier molecular flexibility index (Phi) is 4.96. The van der Waals surface area contributed by atoms with E-state index in [2.05, 4.69) is 48.6 Å². The second-order valence-corrected chi connectivity index (χ2v) is 7.72. The maximum atomic E-state index is 12.1. The highest BCUT2D eigenvalue weighted by molar-refractivity contribution is 6.39. The second-order valence-electron chi connectivity index (χ2n) is 7.29. The minimum absolute atomic E-state index is 0.0577. The lowest BCUT2D eigenvalue weighted by molar-refractivity contribution is -0.137. The normalized spacial score (nSPS) is 19.9. The first-order valence-corrected chi connectivity index (χ1v) is 7.97. The Labute approximate surface area is 141 Å². The predicted molar refractivity (Wildman–Crippen MR) is 90.3 cm³/mol. The van der Waals surface area contributed by atoms with E-state index in [1.807, 2.05) is 0 Å².